The Labute approximate surface area is 179 Å². The number of ether oxygens (including phenoxy) is 2. The van der Waals surface area contributed by atoms with E-state index >= 15 is 0 Å². The maximum absolute atomic E-state index is 11.5. The van der Waals surface area contributed by atoms with Crippen LogP contribution in [0.2, 0.25) is 0 Å². The summed E-state index contributed by atoms with van der Waals surface area (Å²) in [4.78, 5) is 22.6. The Morgan fingerprint density at radius 3 is 1.55 bits per heavy atom. The third-order valence-corrected chi connectivity index (χ3v) is 5.11. The molecule has 0 unspecified atom stereocenters. The van der Waals surface area contributed by atoms with Crippen molar-refractivity contribution in [3.05, 3.63) is 0 Å². The SMILES string of the molecule is CCCCCCCCCCCCCCCCCCOCC(=O)NCC(=O)OCC. The lowest BCUT2D eigenvalue weighted by molar-refractivity contribution is -0.143. The Hall–Kier alpha value is -1.10. The van der Waals surface area contributed by atoms with Crippen LogP contribution >= 0.6 is 0 Å². The van der Waals surface area contributed by atoms with Gasteiger partial charge in [-0.3, -0.25) is 9.59 Å². The summed E-state index contributed by atoms with van der Waals surface area (Å²) in [7, 11) is 0. The van der Waals surface area contributed by atoms with E-state index in [1.807, 2.05) is 0 Å². The van der Waals surface area contributed by atoms with Gasteiger partial charge in [-0.1, -0.05) is 103 Å². The Morgan fingerprint density at radius 2 is 1.10 bits per heavy atom. The number of carbonyl (C=O) groups excluding carboxylic acids is 2. The van der Waals surface area contributed by atoms with Crippen molar-refractivity contribution in [1.82, 2.24) is 5.32 Å². The second-order valence-electron chi connectivity index (χ2n) is 7.94. The number of nitrogens with one attached hydrogen (secondary N) is 1. The van der Waals surface area contributed by atoms with Gasteiger partial charge in [-0.05, 0) is 13.3 Å². The Kier molecular flexibility index (Phi) is 22.3. The van der Waals surface area contributed by atoms with E-state index in [0.29, 0.717) is 13.2 Å². The number of hydrogen-bond acceptors (Lipinski definition) is 4. The van der Waals surface area contributed by atoms with Crippen molar-refractivity contribution in [1.29, 1.82) is 0 Å². The summed E-state index contributed by atoms with van der Waals surface area (Å²) in [6.45, 7) is 4.86. The number of amides is 1. The van der Waals surface area contributed by atoms with E-state index in [1.54, 1.807) is 6.92 Å². The molecular weight excluding hydrogens is 366 g/mol. The topological polar surface area (TPSA) is 64.6 Å². The lowest BCUT2D eigenvalue weighted by atomic mass is 10.0. The summed E-state index contributed by atoms with van der Waals surface area (Å²) >= 11 is 0. The molecule has 172 valence electrons. The molecule has 5 heteroatoms. The fraction of sp³-hybridized carbons (Fsp3) is 0.917. The molecule has 0 aromatic carbocycles. The molecule has 0 bridgehead atoms. The third-order valence-electron chi connectivity index (χ3n) is 5.11. The van der Waals surface area contributed by atoms with Crippen molar-refractivity contribution >= 4 is 11.9 Å². The molecule has 0 aliphatic rings. The molecule has 29 heavy (non-hydrogen) atoms. The molecule has 0 fully saturated rings. The van der Waals surface area contributed by atoms with Gasteiger partial charge in [0.15, 0.2) is 0 Å². The maximum atomic E-state index is 11.5. The second kappa shape index (κ2) is 23.2. The van der Waals surface area contributed by atoms with Gasteiger partial charge in [0.1, 0.15) is 13.2 Å². The summed E-state index contributed by atoms with van der Waals surface area (Å²) in [5.41, 5.74) is 0. The number of esters is 1. The average Bonchev–Trinajstić information content (AvgIpc) is 2.71. The molecule has 0 saturated heterocycles. The lowest BCUT2D eigenvalue weighted by Crippen LogP contribution is -2.33. The number of carbonyl (C=O) groups is 2. The van der Waals surface area contributed by atoms with Crippen LogP contribution in [0.1, 0.15) is 117 Å². The van der Waals surface area contributed by atoms with Gasteiger partial charge in [-0.2, -0.15) is 0 Å². The van der Waals surface area contributed by atoms with Crippen LogP contribution in [0.5, 0.6) is 0 Å². The molecule has 0 aromatic rings. The van der Waals surface area contributed by atoms with E-state index in [2.05, 4.69) is 12.2 Å². The van der Waals surface area contributed by atoms with Crippen molar-refractivity contribution in [2.45, 2.75) is 117 Å². The highest BCUT2D eigenvalue weighted by Crippen LogP contribution is 2.13. The van der Waals surface area contributed by atoms with Crippen LogP contribution in [0, 0.1) is 0 Å². The Morgan fingerprint density at radius 1 is 0.655 bits per heavy atom. The smallest absolute Gasteiger partial charge is 0.325 e. The predicted octanol–water partition coefficient (Wildman–Crippen LogP) is 5.94. The van der Waals surface area contributed by atoms with Crippen molar-refractivity contribution in [2.75, 3.05) is 26.4 Å². The first-order chi connectivity index (χ1) is 14.2. The summed E-state index contributed by atoms with van der Waals surface area (Å²) < 4.78 is 10.1. The van der Waals surface area contributed by atoms with Gasteiger partial charge < -0.3 is 14.8 Å². The first-order valence-electron chi connectivity index (χ1n) is 12.2. The first-order valence-corrected chi connectivity index (χ1v) is 12.2. The molecule has 1 amide bonds. The quantitative estimate of drug-likeness (QED) is 0.176. The van der Waals surface area contributed by atoms with Gasteiger partial charge in [0.05, 0.1) is 6.61 Å². The molecule has 5 nitrogen and oxygen atoms in total. The highest BCUT2D eigenvalue weighted by atomic mass is 16.5. The minimum Gasteiger partial charge on any atom is -0.465 e. The number of hydrogen-bond donors (Lipinski definition) is 1. The number of unbranched alkanes of at least 4 members (excludes halogenated alkanes) is 15. The van der Waals surface area contributed by atoms with Gasteiger partial charge in [0.2, 0.25) is 5.91 Å². The largest absolute Gasteiger partial charge is 0.465 e. The normalized spacial score (nSPS) is 10.8. The van der Waals surface area contributed by atoms with E-state index in [0.717, 1.165) is 12.8 Å². The Bertz CT molecular complexity index is 374. The molecule has 1 N–H and O–H groups in total. The lowest BCUT2D eigenvalue weighted by Gasteiger charge is -2.06. The monoisotopic (exact) mass is 413 g/mol. The fourth-order valence-corrected chi connectivity index (χ4v) is 3.35. The molecule has 0 radical (unpaired) electrons. The highest BCUT2D eigenvalue weighted by molar-refractivity contribution is 5.82. The summed E-state index contributed by atoms with van der Waals surface area (Å²) in [5, 5.41) is 2.49. The van der Waals surface area contributed by atoms with Crippen molar-refractivity contribution in [2.24, 2.45) is 0 Å². The molecule has 0 spiro atoms. The van der Waals surface area contributed by atoms with Crippen LogP contribution in [0.4, 0.5) is 0 Å². The van der Waals surface area contributed by atoms with Gasteiger partial charge in [0, 0.05) is 6.61 Å². The van der Waals surface area contributed by atoms with Crippen LogP contribution in [-0.2, 0) is 19.1 Å². The zero-order valence-electron chi connectivity index (χ0n) is 19.3. The molecule has 0 rings (SSSR count). The van der Waals surface area contributed by atoms with E-state index in [9.17, 15) is 9.59 Å². The van der Waals surface area contributed by atoms with Gasteiger partial charge in [0.25, 0.3) is 0 Å². The molecule has 0 aromatic heterocycles. The van der Waals surface area contributed by atoms with Gasteiger partial charge in [-0.25, -0.2) is 0 Å². The zero-order valence-corrected chi connectivity index (χ0v) is 19.3. The minimum atomic E-state index is -0.418. The first kappa shape index (κ1) is 27.9. The molecule has 0 atom stereocenters. The standard InChI is InChI=1S/C24H47NO4/c1-3-5-6-7-8-9-10-11-12-13-14-15-16-17-18-19-20-28-22-23(26)25-21-24(27)29-4-2/h3-22H2,1-2H3,(H,25,26). The fourth-order valence-electron chi connectivity index (χ4n) is 3.35. The van der Waals surface area contributed by atoms with Crippen LogP contribution in [0.3, 0.4) is 0 Å². The summed E-state index contributed by atoms with van der Waals surface area (Å²) in [6.07, 6.45) is 21.5. The second-order valence-corrected chi connectivity index (χ2v) is 7.94. The van der Waals surface area contributed by atoms with Crippen LogP contribution < -0.4 is 5.32 Å². The van der Waals surface area contributed by atoms with Crippen LogP contribution in [0.25, 0.3) is 0 Å². The van der Waals surface area contributed by atoms with E-state index in [4.69, 9.17) is 9.47 Å². The molecule has 0 aliphatic carbocycles. The molecule has 0 saturated carbocycles. The molecule has 0 heterocycles. The van der Waals surface area contributed by atoms with E-state index in [-0.39, 0.29) is 19.1 Å². The Balaban J connectivity index is 3.15. The number of rotatable bonds is 22. The average molecular weight is 414 g/mol. The molecular formula is C24H47NO4. The van der Waals surface area contributed by atoms with Gasteiger partial charge >= 0.3 is 5.97 Å². The van der Waals surface area contributed by atoms with Crippen LogP contribution in [-0.4, -0.2) is 38.2 Å². The van der Waals surface area contributed by atoms with Crippen molar-refractivity contribution in [3.63, 3.8) is 0 Å². The summed E-state index contributed by atoms with van der Waals surface area (Å²) in [6, 6.07) is 0. The minimum absolute atomic E-state index is 0.0120. The predicted molar refractivity (Wildman–Crippen MR) is 120 cm³/mol. The maximum Gasteiger partial charge on any atom is 0.325 e. The zero-order chi connectivity index (χ0) is 21.4. The van der Waals surface area contributed by atoms with Crippen molar-refractivity contribution in [3.8, 4) is 0 Å². The van der Waals surface area contributed by atoms with Crippen LogP contribution in [0.15, 0.2) is 0 Å². The van der Waals surface area contributed by atoms with Crippen molar-refractivity contribution < 1.29 is 19.1 Å². The van der Waals surface area contributed by atoms with E-state index < -0.39 is 5.97 Å². The molecule has 0 aliphatic heterocycles. The van der Waals surface area contributed by atoms with E-state index in [1.165, 1.54) is 89.9 Å². The highest BCUT2D eigenvalue weighted by Gasteiger charge is 2.05. The summed E-state index contributed by atoms with van der Waals surface area (Å²) in [5.74, 6) is -0.687. The van der Waals surface area contributed by atoms with Gasteiger partial charge in [-0.15, -0.1) is 0 Å². The third kappa shape index (κ3) is 23.0.